The van der Waals surface area contributed by atoms with E-state index in [-0.39, 0.29) is 5.43 Å². The third kappa shape index (κ3) is 4.13. The van der Waals surface area contributed by atoms with Gasteiger partial charge in [0.25, 0.3) is 0 Å². The molecule has 0 saturated carbocycles. The van der Waals surface area contributed by atoms with E-state index in [1.165, 1.54) is 12.3 Å². The van der Waals surface area contributed by atoms with Gasteiger partial charge in [-0.3, -0.25) is 4.79 Å². The largest absolute Gasteiger partial charge is 0.481 e. The van der Waals surface area contributed by atoms with Crippen LogP contribution in [0.2, 0.25) is 10.0 Å². The van der Waals surface area contributed by atoms with Crippen LogP contribution >= 0.6 is 23.2 Å². The quantitative estimate of drug-likeness (QED) is 0.443. The number of rotatable bonds is 5. The molecule has 0 radical (unpaired) electrons. The van der Waals surface area contributed by atoms with Crippen molar-refractivity contribution in [2.75, 3.05) is 0 Å². The van der Waals surface area contributed by atoms with E-state index in [0.29, 0.717) is 39.0 Å². The van der Waals surface area contributed by atoms with Crippen LogP contribution in [0.4, 0.5) is 0 Å². The molecule has 6 nitrogen and oxygen atoms in total. The molecule has 0 bridgehead atoms. The van der Waals surface area contributed by atoms with Crippen molar-refractivity contribution in [3.8, 4) is 5.75 Å². The lowest BCUT2D eigenvalue weighted by atomic mass is 10.1. The molecule has 0 saturated heterocycles. The minimum atomic E-state index is -0.759. The highest BCUT2D eigenvalue weighted by atomic mass is 35.5. The Kier molecular flexibility index (Phi) is 5.06. The second-order valence-electron chi connectivity index (χ2n) is 7.09. The summed E-state index contributed by atoms with van der Waals surface area (Å²) in [5.41, 5.74) is 1.14. The van der Waals surface area contributed by atoms with Gasteiger partial charge in [0.05, 0.1) is 24.4 Å². The summed E-state index contributed by atoms with van der Waals surface area (Å²) in [6.07, 6.45) is 3.18. The molecule has 0 N–H and O–H groups in total. The molecule has 2 aromatic carbocycles. The molecule has 2 heterocycles. The second-order valence-corrected chi connectivity index (χ2v) is 7.94. The van der Waals surface area contributed by atoms with E-state index in [4.69, 9.17) is 32.4 Å². The molecular weight excluding hydrogens is 413 g/mol. The number of fused-ring (bicyclic) bond motifs is 1. The summed E-state index contributed by atoms with van der Waals surface area (Å²) in [6, 6.07) is 11.8. The van der Waals surface area contributed by atoms with Crippen LogP contribution in [0.15, 0.2) is 64.1 Å². The number of hydrogen-bond acceptors (Lipinski definition) is 5. The average Bonchev–Trinajstić information content (AvgIpc) is 3.13. The number of aromatic nitrogens is 3. The van der Waals surface area contributed by atoms with Crippen LogP contribution in [-0.4, -0.2) is 15.0 Å². The first-order valence-electron chi connectivity index (χ1n) is 8.87. The van der Waals surface area contributed by atoms with Gasteiger partial charge < -0.3 is 9.15 Å². The van der Waals surface area contributed by atoms with E-state index in [1.54, 1.807) is 35.0 Å². The van der Waals surface area contributed by atoms with Crippen LogP contribution < -0.4 is 10.2 Å². The van der Waals surface area contributed by atoms with Crippen molar-refractivity contribution in [3.05, 3.63) is 86.5 Å². The number of benzene rings is 2. The zero-order valence-corrected chi connectivity index (χ0v) is 17.2. The molecule has 0 atom stereocenters. The first-order valence-corrected chi connectivity index (χ1v) is 9.62. The van der Waals surface area contributed by atoms with Crippen LogP contribution in [0.3, 0.4) is 0 Å². The first-order chi connectivity index (χ1) is 13.8. The molecule has 0 fully saturated rings. The molecule has 0 amide bonds. The summed E-state index contributed by atoms with van der Waals surface area (Å²) in [7, 11) is 0. The van der Waals surface area contributed by atoms with E-state index in [9.17, 15) is 4.79 Å². The van der Waals surface area contributed by atoms with E-state index < -0.39 is 5.60 Å². The van der Waals surface area contributed by atoms with Gasteiger partial charge in [0, 0.05) is 22.2 Å². The van der Waals surface area contributed by atoms with Crippen LogP contribution in [0, 0.1) is 0 Å². The molecule has 0 aliphatic carbocycles. The summed E-state index contributed by atoms with van der Waals surface area (Å²) in [5, 5.41) is 10.1. The Morgan fingerprint density at radius 3 is 2.76 bits per heavy atom. The SMILES string of the molecule is CC(C)(Oc1ccc2c(=O)ccoc2c1)c1cn(Cc2ccc(Cl)cc2Cl)nn1. The number of nitrogens with zero attached hydrogens (tertiary/aromatic N) is 3. The third-order valence-electron chi connectivity index (χ3n) is 4.51. The standard InChI is InChI=1S/C21H17Cl2N3O3/c1-21(2,29-15-5-6-16-18(27)7-8-28-19(16)10-15)20-12-26(25-24-20)11-13-3-4-14(22)9-17(13)23/h3-10,12H,11H2,1-2H3. The zero-order valence-electron chi connectivity index (χ0n) is 15.7. The van der Waals surface area contributed by atoms with Gasteiger partial charge in [-0.05, 0) is 43.7 Å². The van der Waals surface area contributed by atoms with Crippen molar-refractivity contribution in [1.82, 2.24) is 15.0 Å². The van der Waals surface area contributed by atoms with Crippen LogP contribution in [-0.2, 0) is 12.1 Å². The number of ether oxygens (including phenoxy) is 1. The lowest BCUT2D eigenvalue weighted by Crippen LogP contribution is -2.25. The highest BCUT2D eigenvalue weighted by Gasteiger charge is 2.27. The molecule has 0 unspecified atom stereocenters. The Balaban J connectivity index is 1.55. The van der Waals surface area contributed by atoms with Gasteiger partial charge >= 0.3 is 0 Å². The van der Waals surface area contributed by atoms with Gasteiger partial charge in [-0.2, -0.15) is 0 Å². The molecule has 29 heavy (non-hydrogen) atoms. The summed E-state index contributed by atoms with van der Waals surface area (Å²) in [5.74, 6) is 0.562. The fourth-order valence-corrected chi connectivity index (χ4v) is 3.42. The van der Waals surface area contributed by atoms with Crippen molar-refractivity contribution in [2.24, 2.45) is 0 Å². The molecule has 0 aliphatic rings. The second kappa shape index (κ2) is 7.54. The smallest absolute Gasteiger partial charge is 0.192 e. The summed E-state index contributed by atoms with van der Waals surface area (Å²) < 4.78 is 13.2. The minimum absolute atomic E-state index is 0.0964. The Morgan fingerprint density at radius 2 is 1.97 bits per heavy atom. The van der Waals surface area contributed by atoms with Gasteiger partial charge in [-0.25, -0.2) is 4.68 Å². The zero-order chi connectivity index (χ0) is 20.6. The third-order valence-corrected chi connectivity index (χ3v) is 5.10. The van der Waals surface area contributed by atoms with Gasteiger partial charge in [0.1, 0.15) is 22.6 Å². The van der Waals surface area contributed by atoms with E-state index >= 15 is 0 Å². The van der Waals surface area contributed by atoms with Gasteiger partial charge in [0.2, 0.25) is 0 Å². The molecular formula is C21H17Cl2N3O3. The van der Waals surface area contributed by atoms with Crippen molar-refractivity contribution >= 4 is 34.2 Å². The predicted octanol–water partition coefficient (Wildman–Crippen LogP) is 5.05. The Morgan fingerprint density at radius 1 is 1.14 bits per heavy atom. The molecule has 4 rings (SSSR count). The van der Waals surface area contributed by atoms with Crippen LogP contribution in [0.1, 0.15) is 25.1 Å². The Labute approximate surface area is 176 Å². The maximum atomic E-state index is 11.9. The Bertz CT molecular complexity index is 1250. The summed E-state index contributed by atoms with van der Waals surface area (Å²) in [4.78, 5) is 11.9. The molecule has 0 aliphatic heterocycles. The average molecular weight is 430 g/mol. The molecule has 8 heteroatoms. The van der Waals surface area contributed by atoms with Crippen molar-refractivity contribution < 1.29 is 9.15 Å². The maximum absolute atomic E-state index is 11.9. The fraction of sp³-hybridized carbons (Fsp3) is 0.190. The van der Waals surface area contributed by atoms with E-state index in [2.05, 4.69) is 10.3 Å². The summed E-state index contributed by atoms with van der Waals surface area (Å²) in [6.45, 7) is 4.24. The topological polar surface area (TPSA) is 70.2 Å². The van der Waals surface area contributed by atoms with Crippen molar-refractivity contribution in [3.63, 3.8) is 0 Å². The number of hydrogen-bond donors (Lipinski definition) is 0. The van der Waals surface area contributed by atoms with Gasteiger partial charge in [-0.15, -0.1) is 5.10 Å². The summed E-state index contributed by atoms with van der Waals surface area (Å²) >= 11 is 12.2. The normalized spacial score (nSPS) is 11.7. The van der Waals surface area contributed by atoms with E-state index in [1.807, 2.05) is 26.1 Å². The van der Waals surface area contributed by atoms with Crippen LogP contribution in [0.5, 0.6) is 5.75 Å². The minimum Gasteiger partial charge on any atom is -0.481 e. The Hall–Kier alpha value is -2.83. The molecule has 4 aromatic rings. The lowest BCUT2D eigenvalue weighted by Gasteiger charge is -2.24. The highest BCUT2D eigenvalue weighted by Crippen LogP contribution is 2.28. The number of halogens is 2. The highest BCUT2D eigenvalue weighted by molar-refractivity contribution is 6.35. The molecule has 148 valence electrons. The van der Waals surface area contributed by atoms with Crippen molar-refractivity contribution in [1.29, 1.82) is 0 Å². The molecule has 2 aromatic heterocycles. The van der Waals surface area contributed by atoms with Gasteiger partial charge in [-0.1, -0.05) is 34.5 Å². The molecule has 0 spiro atoms. The predicted molar refractivity (Wildman–Crippen MR) is 112 cm³/mol. The van der Waals surface area contributed by atoms with Crippen molar-refractivity contribution in [2.45, 2.75) is 26.0 Å². The van der Waals surface area contributed by atoms with Crippen LogP contribution in [0.25, 0.3) is 11.0 Å². The fourth-order valence-electron chi connectivity index (χ4n) is 2.95. The van der Waals surface area contributed by atoms with Gasteiger partial charge in [0.15, 0.2) is 5.43 Å². The maximum Gasteiger partial charge on any atom is 0.192 e. The first kappa shape index (κ1) is 19.5. The lowest BCUT2D eigenvalue weighted by molar-refractivity contribution is 0.104. The monoisotopic (exact) mass is 429 g/mol. The van der Waals surface area contributed by atoms with E-state index in [0.717, 1.165) is 5.56 Å².